The molecule has 0 radical (unpaired) electrons. The fourth-order valence-electron chi connectivity index (χ4n) is 4.37. The van der Waals surface area contributed by atoms with Crippen molar-refractivity contribution in [1.29, 1.82) is 0 Å². The second-order valence-corrected chi connectivity index (χ2v) is 7.56. The summed E-state index contributed by atoms with van der Waals surface area (Å²) >= 11 is 0. The minimum Gasteiger partial charge on any atom is -0.338 e. The van der Waals surface area contributed by atoms with Gasteiger partial charge in [-0.1, -0.05) is 30.3 Å². The lowest BCUT2D eigenvalue weighted by molar-refractivity contribution is 0.0635. The zero-order valence-electron chi connectivity index (χ0n) is 15.3. The van der Waals surface area contributed by atoms with Crippen LogP contribution in [0.25, 0.3) is 0 Å². The number of carbonyl (C=O) groups is 1. The van der Waals surface area contributed by atoms with Gasteiger partial charge in [-0.05, 0) is 36.7 Å². The van der Waals surface area contributed by atoms with Gasteiger partial charge in [0.2, 0.25) is 0 Å². The standard InChI is InChI=1S/C20H27N5O/c1-24-13-18(12-22-24)20(26)25-9-5-8-16(14-25)19-17(11-21-23-19)10-15-6-3-2-4-7-15/h2-4,6-7,12-13,16-17,19,21,23H,5,8-11,14H2,1H3. The molecule has 2 saturated heterocycles. The highest BCUT2D eigenvalue weighted by Gasteiger charge is 2.37. The highest BCUT2D eigenvalue weighted by molar-refractivity contribution is 5.93. The first-order chi connectivity index (χ1) is 12.7. The lowest BCUT2D eigenvalue weighted by Crippen LogP contribution is -2.48. The normalized spacial score (nSPS) is 26.2. The second-order valence-electron chi connectivity index (χ2n) is 7.56. The van der Waals surface area contributed by atoms with Crippen LogP contribution in [0.2, 0.25) is 0 Å². The minimum atomic E-state index is 0.105. The molecule has 1 aromatic heterocycles. The van der Waals surface area contributed by atoms with Crippen molar-refractivity contribution in [3.8, 4) is 0 Å². The predicted molar refractivity (Wildman–Crippen MR) is 100 cm³/mol. The van der Waals surface area contributed by atoms with Crippen LogP contribution in [0.15, 0.2) is 42.7 Å². The molecular weight excluding hydrogens is 326 g/mol. The van der Waals surface area contributed by atoms with Crippen LogP contribution in [0, 0.1) is 11.8 Å². The number of piperidine rings is 1. The molecule has 26 heavy (non-hydrogen) atoms. The summed E-state index contributed by atoms with van der Waals surface area (Å²) in [5, 5.41) is 4.13. The van der Waals surface area contributed by atoms with Crippen molar-refractivity contribution in [3.05, 3.63) is 53.9 Å². The molecule has 0 aliphatic carbocycles. The largest absolute Gasteiger partial charge is 0.338 e. The van der Waals surface area contributed by atoms with Gasteiger partial charge in [0.25, 0.3) is 5.91 Å². The Kier molecular flexibility index (Phi) is 5.04. The summed E-state index contributed by atoms with van der Waals surface area (Å²) in [5.41, 5.74) is 8.92. The first-order valence-electron chi connectivity index (χ1n) is 9.51. The Balaban J connectivity index is 1.42. The number of rotatable bonds is 4. The average Bonchev–Trinajstić information content (AvgIpc) is 3.31. The first-order valence-corrected chi connectivity index (χ1v) is 9.51. The molecule has 1 amide bonds. The third-order valence-corrected chi connectivity index (χ3v) is 5.69. The summed E-state index contributed by atoms with van der Waals surface area (Å²) < 4.78 is 1.69. The van der Waals surface area contributed by atoms with Crippen molar-refractivity contribution >= 4 is 5.91 Å². The summed E-state index contributed by atoms with van der Waals surface area (Å²) in [4.78, 5) is 14.8. The summed E-state index contributed by atoms with van der Waals surface area (Å²) in [6.07, 6.45) is 6.77. The van der Waals surface area contributed by atoms with E-state index < -0.39 is 0 Å². The fraction of sp³-hybridized carbons (Fsp3) is 0.500. The molecule has 3 unspecified atom stereocenters. The highest BCUT2D eigenvalue weighted by Crippen LogP contribution is 2.28. The Morgan fingerprint density at radius 3 is 2.92 bits per heavy atom. The number of hydrogen-bond acceptors (Lipinski definition) is 4. The Morgan fingerprint density at radius 1 is 1.31 bits per heavy atom. The van der Waals surface area contributed by atoms with Crippen LogP contribution in [0.1, 0.15) is 28.8 Å². The van der Waals surface area contributed by atoms with Gasteiger partial charge in [-0.15, -0.1) is 0 Å². The number of nitrogens with zero attached hydrogens (tertiary/aromatic N) is 3. The number of nitrogens with one attached hydrogen (secondary N) is 2. The Morgan fingerprint density at radius 2 is 2.15 bits per heavy atom. The van der Waals surface area contributed by atoms with E-state index in [4.69, 9.17) is 0 Å². The lowest BCUT2D eigenvalue weighted by Gasteiger charge is -2.37. The van der Waals surface area contributed by atoms with Gasteiger partial charge in [-0.3, -0.25) is 20.3 Å². The van der Waals surface area contributed by atoms with Crippen LogP contribution >= 0.6 is 0 Å². The molecule has 1 aromatic carbocycles. The Labute approximate surface area is 154 Å². The summed E-state index contributed by atoms with van der Waals surface area (Å²) in [6, 6.07) is 11.1. The third kappa shape index (κ3) is 3.66. The highest BCUT2D eigenvalue weighted by atomic mass is 16.2. The molecule has 2 fully saturated rings. The van der Waals surface area contributed by atoms with Gasteiger partial charge < -0.3 is 4.90 Å². The molecule has 138 valence electrons. The number of hydrazine groups is 1. The van der Waals surface area contributed by atoms with E-state index in [1.54, 1.807) is 17.1 Å². The molecule has 0 bridgehead atoms. The van der Waals surface area contributed by atoms with Crippen molar-refractivity contribution in [3.63, 3.8) is 0 Å². The molecule has 3 atom stereocenters. The minimum absolute atomic E-state index is 0.105. The van der Waals surface area contributed by atoms with Crippen LogP contribution in [-0.2, 0) is 13.5 Å². The number of aryl methyl sites for hydroxylation is 1. The van der Waals surface area contributed by atoms with E-state index >= 15 is 0 Å². The molecule has 2 aromatic rings. The van der Waals surface area contributed by atoms with E-state index in [0.717, 1.165) is 32.5 Å². The van der Waals surface area contributed by atoms with Gasteiger partial charge in [0.05, 0.1) is 11.8 Å². The zero-order valence-corrected chi connectivity index (χ0v) is 15.3. The maximum absolute atomic E-state index is 12.8. The molecule has 0 saturated carbocycles. The fourth-order valence-corrected chi connectivity index (χ4v) is 4.37. The van der Waals surface area contributed by atoms with Gasteiger partial charge in [-0.2, -0.15) is 5.10 Å². The number of likely N-dealkylation sites (tertiary alicyclic amines) is 1. The zero-order chi connectivity index (χ0) is 17.9. The Bertz CT molecular complexity index is 744. The van der Waals surface area contributed by atoms with E-state index in [9.17, 15) is 4.79 Å². The molecule has 6 heteroatoms. The van der Waals surface area contributed by atoms with Crippen LogP contribution in [0.3, 0.4) is 0 Å². The second kappa shape index (κ2) is 7.60. The smallest absolute Gasteiger partial charge is 0.257 e. The van der Waals surface area contributed by atoms with Crippen LogP contribution in [-0.4, -0.2) is 46.3 Å². The first kappa shape index (κ1) is 17.2. The summed E-state index contributed by atoms with van der Waals surface area (Å²) in [6.45, 7) is 2.64. The number of benzene rings is 1. The van der Waals surface area contributed by atoms with Gasteiger partial charge in [-0.25, -0.2) is 0 Å². The van der Waals surface area contributed by atoms with Gasteiger partial charge in [0.1, 0.15) is 0 Å². The number of hydrogen-bond donors (Lipinski definition) is 2. The van der Waals surface area contributed by atoms with Crippen molar-refractivity contribution in [2.24, 2.45) is 18.9 Å². The van der Waals surface area contributed by atoms with Crippen LogP contribution < -0.4 is 10.9 Å². The lowest BCUT2D eigenvalue weighted by atomic mass is 9.81. The molecular formula is C20H27N5O. The molecule has 2 aliphatic rings. The number of carbonyl (C=O) groups excluding carboxylic acids is 1. The molecule has 2 N–H and O–H groups in total. The van der Waals surface area contributed by atoms with Gasteiger partial charge in [0, 0.05) is 38.9 Å². The monoisotopic (exact) mass is 353 g/mol. The average molecular weight is 353 g/mol. The van der Waals surface area contributed by atoms with Crippen molar-refractivity contribution < 1.29 is 4.79 Å². The van der Waals surface area contributed by atoms with E-state index in [-0.39, 0.29) is 5.91 Å². The maximum Gasteiger partial charge on any atom is 0.257 e. The van der Waals surface area contributed by atoms with E-state index in [0.29, 0.717) is 23.4 Å². The van der Waals surface area contributed by atoms with Crippen molar-refractivity contribution in [2.45, 2.75) is 25.3 Å². The van der Waals surface area contributed by atoms with E-state index in [2.05, 4.69) is 46.3 Å². The van der Waals surface area contributed by atoms with Crippen LogP contribution in [0.4, 0.5) is 0 Å². The molecule has 6 nitrogen and oxygen atoms in total. The van der Waals surface area contributed by atoms with Gasteiger partial charge >= 0.3 is 0 Å². The quantitative estimate of drug-likeness (QED) is 0.877. The van der Waals surface area contributed by atoms with Gasteiger partial charge in [0.15, 0.2) is 0 Å². The molecule has 4 rings (SSSR count). The number of amides is 1. The Hall–Kier alpha value is -2.18. The number of aromatic nitrogens is 2. The SMILES string of the molecule is Cn1cc(C(=O)N2CCCC(C3NNCC3Cc3ccccc3)C2)cn1. The van der Waals surface area contributed by atoms with Crippen molar-refractivity contribution in [2.75, 3.05) is 19.6 Å². The van der Waals surface area contributed by atoms with E-state index in [1.807, 2.05) is 11.9 Å². The molecule has 0 spiro atoms. The molecule has 2 aliphatic heterocycles. The molecule has 3 heterocycles. The third-order valence-electron chi connectivity index (χ3n) is 5.69. The summed E-state index contributed by atoms with van der Waals surface area (Å²) in [7, 11) is 1.85. The topological polar surface area (TPSA) is 62.2 Å². The van der Waals surface area contributed by atoms with Crippen molar-refractivity contribution in [1.82, 2.24) is 25.5 Å². The van der Waals surface area contributed by atoms with Crippen LogP contribution in [0.5, 0.6) is 0 Å². The van der Waals surface area contributed by atoms with E-state index in [1.165, 1.54) is 12.0 Å². The maximum atomic E-state index is 12.8. The predicted octanol–water partition coefficient (Wildman–Crippen LogP) is 1.61. The summed E-state index contributed by atoms with van der Waals surface area (Å²) in [5.74, 6) is 1.14.